The molecule has 0 spiro atoms. The molecule has 2 heterocycles. The van der Waals surface area contributed by atoms with E-state index in [0.29, 0.717) is 23.9 Å². The van der Waals surface area contributed by atoms with E-state index >= 15 is 0 Å². The van der Waals surface area contributed by atoms with Crippen molar-refractivity contribution in [1.82, 2.24) is 30.5 Å². The monoisotopic (exact) mass is 334 g/mol. The van der Waals surface area contributed by atoms with Crippen LogP contribution in [0.1, 0.15) is 23.4 Å². The van der Waals surface area contributed by atoms with Crippen LogP contribution in [0.15, 0.2) is 42.9 Å². The first-order valence-electron chi connectivity index (χ1n) is 8.32. The Balaban J connectivity index is 1.36. The highest BCUT2D eigenvalue weighted by molar-refractivity contribution is 5.79. The number of H-pyrrole nitrogens is 1. The lowest BCUT2D eigenvalue weighted by Gasteiger charge is -2.23. The molecule has 7 nitrogen and oxygen atoms in total. The van der Waals surface area contributed by atoms with E-state index < -0.39 is 0 Å². The van der Waals surface area contributed by atoms with Crippen LogP contribution < -0.4 is 5.32 Å². The van der Waals surface area contributed by atoms with Crippen LogP contribution in [0.25, 0.3) is 11.5 Å². The average molecular weight is 334 g/mol. The number of carbonyl (C=O) groups excluding carboxylic acids is 1. The van der Waals surface area contributed by atoms with Crippen molar-refractivity contribution < 1.29 is 4.79 Å². The Bertz CT molecular complexity index is 876. The first kappa shape index (κ1) is 15.4. The Hall–Kier alpha value is -3.09. The van der Waals surface area contributed by atoms with Gasteiger partial charge in [0.25, 0.3) is 0 Å². The molecule has 1 aliphatic rings. The summed E-state index contributed by atoms with van der Waals surface area (Å²) in [6.45, 7) is 0.324. The molecule has 25 heavy (non-hydrogen) atoms. The van der Waals surface area contributed by atoms with E-state index in [9.17, 15) is 4.79 Å². The van der Waals surface area contributed by atoms with Gasteiger partial charge in [-0.2, -0.15) is 5.10 Å². The van der Waals surface area contributed by atoms with Crippen molar-refractivity contribution in [3.05, 3.63) is 59.8 Å². The molecule has 1 atom stereocenters. The molecule has 0 aliphatic heterocycles. The third-order valence-corrected chi connectivity index (χ3v) is 4.47. The second-order valence-corrected chi connectivity index (χ2v) is 6.12. The van der Waals surface area contributed by atoms with Crippen LogP contribution in [0.2, 0.25) is 0 Å². The second kappa shape index (κ2) is 6.80. The van der Waals surface area contributed by atoms with Crippen molar-refractivity contribution in [2.75, 3.05) is 0 Å². The predicted molar refractivity (Wildman–Crippen MR) is 91.2 cm³/mol. The fourth-order valence-corrected chi connectivity index (χ4v) is 3.14. The number of rotatable bonds is 4. The number of aromatic amines is 1. The first-order valence-corrected chi connectivity index (χ1v) is 8.32. The molecule has 0 unspecified atom stereocenters. The molecule has 2 N–H and O–H groups in total. The van der Waals surface area contributed by atoms with Crippen molar-refractivity contribution in [3.63, 3.8) is 0 Å². The maximum Gasteiger partial charge on any atom is 0.223 e. The second-order valence-electron chi connectivity index (χ2n) is 6.12. The highest BCUT2D eigenvalue weighted by Gasteiger charge is 2.24. The summed E-state index contributed by atoms with van der Waals surface area (Å²) in [4.78, 5) is 25.0. The van der Waals surface area contributed by atoms with Gasteiger partial charge in [0.1, 0.15) is 11.5 Å². The van der Waals surface area contributed by atoms with Crippen molar-refractivity contribution in [1.29, 1.82) is 0 Å². The molecule has 2 aromatic heterocycles. The number of hydrogen-bond acceptors (Lipinski definition) is 5. The summed E-state index contributed by atoms with van der Waals surface area (Å²) in [6.07, 6.45) is 7.42. The van der Waals surface area contributed by atoms with E-state index in [1.54, 1.807) is 18.6 Å². The molecule has 7 heteroatoms. The summed E-state index contributed by atoms with van der Waals surface area (Å²) in [5.41, 5.74) is 3.23. The fourth-order valence-electron chi connectivity index (χ4n) is 3.14. The van der Waals surface area contributed by atoms with Gasteiger partial charge in [0.2, 0.25) is 11.7 Å². The molecule has 126 valence electrons. The minimum absolute atomic E-state index is 0.0114. The van der Waals surface area contributed by atoms with Gasteiger partial charge in [0.15, 0.2) is 0 Å². The maximum absolute atomic E-state index is 12.5. The Morgan fingerprint density at radius 2 is 2.12 bits per heavy atom. The summed E-state index contributed by atoms with van der Waals surface area (Å²) in [7, 11) is 0. The summed E-state index contributed by atoms with van der Waals surface area (Å²) >= 11 is 0. The summed E-state index contributed by atoms with van der Waals surface area (Å²) < 4.78 is 0. The lowest BCUT2D eigenvalue weighted by atomic mass is 9.83. The molecule has 0 saturated heterocycles. The fraction of sp³-hybridized carbons (Fsp3) is 0.278. The molecular weight excluding hydrogens is 316 g/mol. The van der Waals surface area contributed by atoms with Crippen LogP contribution in [-0.4, -0.2) is 31.1 Å². The van der Waals surface area contributed by atoms with E-state index in [1.165, 1.54) is 11.1 Å². The van der Waals surface area contributed by atoms with Gasteiger partial charge >= 0.3 is 0 Å². The number of aromatic nitrogens is 5. The minimum atomic E-state index is 0.0114. The number of carbonyl (C=O) groups is 1. The van der Waals surface area contributed by atoms with Crippen LogP contribution in [0.5, 0.6) is 0 Å². The Morgan fingerprint density at radius 3 is 2.96 bits per heavy atom. The predicted octanol–water partition coefficient (Wildman–Crippen LogP) is 1.68. The number of aryl methyl sites for hydroxylation is 1. The van der Waals surface area contributed by atoms with Crippen molar-refractivity contribution in [2.45, 2.75) is 25.8 Å². The van der Waals surface area contributed by atoms with Crippen molar-refractivity contribution >= 4 is 5.91 Å². The molecule has 4 rings (SSSR count). The highest BCUT2D eigenvalue weighted by atomic mass is 16.1. The van der Waals surface area contributed by atoms with Gasteiger partial charge in [-0.05, 0) is 30.4 Å². The third-order valence-electron chi connectivity index (χ3n) is 4.47. The normalized spacial score (nSPS) is 16.2. The van der Waals surface area contributed by atoms with E-state index in [0.717, 1.165) is 19.3 Å². The van der Waals surface area contributed by atoms with E-state index in [2.05, 4.69) is 48.7 Å². The quantitative estimate of drug-likeness (QED) is 0.757. The van der Waals surface area contributed by atoms with E-state index in [1.807, 2.05) is 6.07 Å². The largest absolute Gasteiger partial charge is 0.349 e. The number of nitrogens with one attached hydrogen (secondary N) is 2. The highest BCUT2D eigenvalue weighted by Crippen LogP contribution is 2.25. The number of nitrogens with zero attached hydrogens (tertiary/aromatic N) is 4. The first-order chi connectivity index (χ1) is 12.3. The van der Waals surface area contributed by atoms with Crippen LogP contribution >= 0.6 is 0 Å². The topological polar surface area (TPSA) is 96.5 Å². The zero-order chi connectivity index (χ0) is 17.1. The summed E-state index contributed by atoms with van der Waals surface area (Å²) in [5, 5.41) is 9.91. The summed E-state index contributed by atoms with van der Waals surface area (Å²) in [6, 6.07) is 8.34. The molecular formula is C18H18N6O. The van der Waals surface area contributed by atoms with Crippen LogP contribution in [0.4, 0.5) is 0 Å². The lowest BCUT2D eigenvalue weighted by Crippen LogP contribution is -2.34. The van der Waals surface area contributed by atoms with Gasteiger partial charge in [-0.3, -0.25) is 14.9 Å². The molecule has 1 aliphatic carbocycles. The molecule has 0 bridgehead atoms. The molecule has 0 fully saturated rings. The molecule has 1 aromatic carbocycles. The molecule has 0 radical (unpaired) electrons. The Labute approximate surface area is 144 Å². The van der Waals surface area contributed by atoms with Gasteiger partial charge in [-0.1, -0.05) is 24.3 Å². The number of hydrogen-bond donors (Lipinski definition) is 2. The van der Waals surface area contributed by atoms with Gasteiger partial charge in [0, 0.05) is 18.3 Å². The van der Waals surface area contributed by atoms with Crippen LogP contribution in [0.3, 0.4) is 0 Å². The SMILES string of the molecule is O=C(NCc1nc(-c2cnccn2)n[nH]1)[C@H]1CCc2ccccc2C1. The standard InChI is InChI=1S/C18H18N6O/c25-18(14-6-5-12-3-1-2-4-13(12)9-14)21-11-16-22-17(24-23-16)15-10-19-7-8-20-15/h1-4,7-8,10,14H,5-6,9,11H2,(H,21,25)(H,22,23,24)/t14-/m0/s1. The van der Waals surface area contributed by atoms with Crippen molar-refractivity contribution in [3.8, 4) is 11.5 Å². The number of fused-ring (bicyclic) bond motifs is 1. The van der Waals surface area contributed by atoms with Crippen LogP contribution in [-0.2, 0) is 24.2 Å². The van der Waals surface area contributed by atoms with Crippen molar-refractivity contribution in [2.24, 2.45) is 5.92 Å². The number of amides is 1. The van der Waals surface area contributed by atoms with Gasteiger partial charge in [-0.25, -0.2) is 9.97 Å². The van der Waals surface area contributed by atoms with Gasteiger partial charge in [0.05, 0.1) is 12.7 Å². The zero-order valence-corrected chi connectivity index (χ0v) is 13.6. The van der Waals surface area contributed by atoms with Crippen LogP contribution in [0, 0.1) is 5.92 Å². The van der Waals surface area contributed by atoms with E-state index in [4.69, 9.17) is 0 Å². The lowest BCUT2D eigenvalue weighted by molar-refractivity contribution is -0.125. The molecule has 0 saturated carbocycles. The number of benzene rings is 1. The smallest absolute Gasteiger partial charge is 0.223 e. The van der Waals surface area contributed by atoms with Gasteiger partial charge in [-0.15, -0.1) is 0 Å². The maximum atomic E-state index is 12.5. The molecule has 1 amide bonds. The Morgan fingerprint density at radius 1 is 1.24 bits per heavy atom. The minimum Gasteiger partial charge on any atom is -0.349 e. The van der Waals surface area contributed by atoms with Gasteiger partial charge < -0.3 is 5.32 Å². The summed E-state index contributed by atoms with van der Waals surface area (Å²) in [5.74, 6) is 1.15. The van der Waals surface area contributed by atoms with E-state index in [-0.39, 0.29) is 11.8 Å². The third kappa shape index (κ3) is 3.40. The zero-order valence-electron chi connectivity index (χ0n) is 13.6. The Kier molecular flexibility index (Phi) is 4.20. The molecule has 3 aromatic rings. The average Bonchev–Trinajstić information content (AvgIpc) is 3.15.